The van der Waals surface area contributed by atoms with Gasteiger partial charge in [-0.1, -0.05) is 0 Å². The van der Waals surface area contributed by atoms with Crippen molar-refractivity contribution in [3.8, 4) is 0 Å². The molecule has 2 rings (SSSR count). The van der Waals surface area contributed by atoms with Gasteiger partial charge < -0.3 is 4.74 Å². The second-order valence-electron chi connectivity index (χ2n) is 4.53. The van der Waals surface area contributed by atoms with Crippen LogP contribution in [0.25, 0.3) is 0 Å². The minimum atomic E-state index is -0.177. The van der Waals surface area contributed by atoms with Gasteiger partial charge in [-0.25, -0.2) is 4.68 Å². The van der Waals surface area contributed by atoms with E-state index < -0.39 is 0 Å². The van der Waals surface area contributed by atoms with E-state index in [4.69, 9.17) is 16.3 Å². The Labute approximate surface area is 93.7 Å². The predicted molar refractivity (Wildman–Crippen MR) is 55.8 cm³/mol. The third-order valence-corrected chi connectivity index (χ3v) is 2.81. The Bertz CT molecular complexity index is 350. The zero-order valence-electron chi connectivity index (χ0n) is 9.14. The van der Waals surface area contributed by atoms with Crippen LogP contribution in [0.15, 0.2) is 0 Å². The highest BCUT2D eigenvalue weighted by Crippen LogP contribution is 2.33. The Kier molecular flexibility index (Phi) is 2.68. The van der Waals surface area contributed by atoms with E-state index in [2.05, 4.69) is 29.4 Å². The highest BCUT2D eigenvalue weighted by atomic mass is 35.5. The molecule has 2 heterocycles. The molecular formula is C9H15ClN4O. The molecule has 2 atom stereocenters. The molecule has 1 fully saturated rings. The molecule has 15 heavy (non-hydrogen) atoms. The summed E-state index contributed by atoms with van der Waals surface area (Å²) < 4.78 is 7.44. The molecule has 1 aromatic heterocycles. The summed E-state index contributed by atoms with van der Waals surface area (Å²) in [5.41, 5.74) is -0.0938. The minimum Gasteiger partial charge on any atom is -0.373 e. The van der Waals surface area contributed by atoms with Gasteiger partial charge in [-0.2, -0.15) is 0 Å². The van der Waals surface area contributed by atoms with E-state index in [-0.39, 0.29) is 17.0 Å². The number of alkyl halides is 1. The largest absolute Gasteiger partial charge is 0.373 e. The maximum atomic E-state index is 6.00. The molecule has 0 aliphatic carbocycles. The second kappa shape index (κ2) is 3.72. The van der Waals surface area contributed by atoms with Crippen molar-refractivity contribution >= 4 is 11.6 Å². The number of tetrazole rings is 1. The number of ether oxygens (including phenoxy) is 1. The van der Waals surface area contributed by atoms with Gasteiger partial charge in [0.2, 0.25) is 0 Å². The van der Waals surface area contributed by atoms with Crippen molar-refractivity contribution in [3.05, 3.63) is 5.82 Å². The van der Waals surface area contributed by atoms with Gasteiger partial charge in [0.1, 0.15) is 0 Å². The van der Waals surface area contributed by atoms with Gasteiger partial charge in [0.15, 0.2) is 5.82 Å². The third kappa shape index (κ3) is 2.13. The molecule has 1 aromatic rings. The zero-order valence-corrected chi connectivity index (χ0v) is 9.90. The first kappa shape index (κ1) is 10.8. The quantitative estimate of drug-likeness (QED) is 0.726. The lowest BCUT2D eigenvalue weighted by Crippen LogP contribution is -2.18. The van der Waals surface area contributed by atoms with Crippen LogP contribution in [0.1, 0.15) is 44.4 Å². The van der Waals surface area contributed by atoms with Crippen LogP contribution in [0.4, 0.5) is 0 Å². The van der Waals surface area contributed by atoms with Crippen LogP contribution in [0.3, 0.4) is 0 Å². The van der Waals surface area contributed by atoms with Gasteiger partial charge in [-0.15, -0.1) is 16.7 Å². The number of halogens is 1. The molecule has 0 amide bonds. The molecular weight excluding hydrogens is 216 g/mol. The topological polar surface area (TPSA) is 52.8 Å². The van der Waals surface area contributed by atoms with Crippen LogP contribution < -0.4 is 0 Å². The molecule has 1 aliphatic rings. The average Bonchev–Trinajstić information content (AvgIpc) is 2.69. The molecule has 1 saturated heterocycles. The van der Waals surface area contributed by atoms with Crippen LogP contribution in [-0.4, -0.2) is 32.4 Å². The molecule has 6 heteroatoms. The Morgan fingerprint density at radius 2 is 2.33 bits per heavy atom. The summed E-state index contributed by atoms with van der Waals surface area (Å²) in [5, 5.41) is 11.4. The molecule has 84 valence electrons. The van der Waals surface area contributed by atoms with E-state index in [0.717, 1.165) is 6.42 Å². The molecule has 0 N–H and O–H groups in total. The molecule has 0 aromatic carbocycles. The normalized spacial score (nSPS) is 26.8. The van der Waals surface area contributed by atoms with E-state index in [0.29, 0.717) is 12.4 Å². The molecule has 0 saturated carbocycles. The number of rotatable bonds is 2. The summed E-state index contributed by atoms with van der Waals surface area (Å²) in [6.07, 6.45) is 0.911. The van der Waals surface area contributed by atoms with Gasteiger partial charge in [-0.3, -0.25) is 0 Å². The molecule has 1 aliphatic heterocycles. The van der Waals surface area contributed by atoms with Crippen molar-refractivity contribution in [1.82, 2.24) is 20.2 Å². The smallest absolute Gasteiger partial charge is 0.169 e. The van der Waals surface area contributed by atoms with Crippen molar-refractivity contribution in [2.75, 3.05) is 6.61 Å². The highest BCUT2D eigenvalue weighted by Gasteiger charge is 2.35. The van der Waals surface area contributed by atoms with Crippen LogP contribution in [-0.2, 0) is 4.74 Å². The Morgan fingerprint density at radius 3 is 2.87 bits per heavy atom. The Balaban J connectivity index is 2.20. The van der Waals surface area contributed by atoms with Crippen molar-refractivity contribution < 1.29 is 4.74 Å². The number of nitrogens with zero attached hydrogens (tertiary/aromatic N) is 4. The lowest BCUT2D eigenvalue weighted by molar-refractivity contribution is 0.0349. The Morgan fingerprint density at radius 1 is 1.60 bits per heavy atom. The van der Waals surface area contributed by atoms with Gasteiger partial charge in [0.05, 0.1) is 23.6 Å². The molecule has 0 spiro atoms. The fourth-order valence-electron chi connectivity index (χ4n) is 1.89. The average molecular weight is 231 g/mol. The number of hydrogen-bond acceptors (Lipinski definition) is 4. The lowest BCUT2D eigenvalue weighted by Gasteiger charge is -2.16. The minimum absolute atomic E-state index is 0.0938. The van der Waals surface area contributed by atoms with E-state index in [9.17, 15) is 0 Å². The molecule has 2 unspecified atom stereocenters. The molecule has 5 nitrogen and oxygen atoms in total. The summed E-state index contributed by atoms with van der Waals surface area (Å²) in [6.45, 7) is 6.65. The number of hydrogen-bond donors (Lipinski definition) is 0. The standard InChI is InChI=1S/C9H15ClN4O/c1-6(10)8-11-12-13-14(8)7-4-9(2,3)15-5-7/h6-7H,4-5H2,1-3H3. The summed E-state index contributed by atoms with van der Waals surface area (Å²) in [7, 11) is 0. The highest BCUT2D eigenvalue weighted by molar-refractivity contribution is 6.20. The predicted octanol–water partition coefficient (Wildman–Crippen LogP) is 1.71. The number of aromatic nitrogens is 4. The van der Waals surface area contributed by atoms with Crippen LogP contribution in [0, 0.1) is 0 Å². The first-order chi connectivity index (χ1) is 6.99. The van der Waals surface area contributed by atoms with Gasteiger partial charge in [-0.05, 0) is 31.2 Å². The van der Waals surface area contributed by atoms with Gasteiger partial charge in [0, 0.05) is 6.42 Å². The zero-order chi connectivity index (χ0) is 11.1. The van der Waals surface area contributed by atoms with Crippen molar-refractivity contribution in [2.24, 2.45) is 0 Å². The molecule has 0 radical (unpaired) electrons. The monoisotopic (exact) mass is 230 g/mol. The maximum absolute atomic E-state index is 6.00. The summed E-state index contributed by atoms with van der Waals surface area (Å²) >= 11 is 6.00. The maximum Gasteiger partial charge on any atom is 0.169 e. The van der Waals surface area contributed by atoms with Crippen LogP contribution in [0.5, 0.6) is 0 Å². The Hall–Kier alpha value is -0.680. The SMILES string of the molecule is CC(Cl)c1nnnn1C1COC(C)(C)C1. The molecule has 0 bridgehead atoms. The van der Waals surface area contributed by atoms with Crippen molar-refractivity contribution in [1.29, 1.82) is 0 Å². The van der Waals surface area contributed by atoms with Crippen molar-refractivity contribution in [2.45, 2.75) is 44.2 Å². The summed E-state index contributed by atoms with van der Waals surface area (Å²) in [4.78, 5) is 0. The van der Waals surface area contributed by atoms with E-state index in [1.54, 1.807) is 4.68 Å². The third-order valence-electron chi connectivity index (χ3n) is 2.61. The fraction of sp³-hybridized carbons (Fsp3) is 0.889. The van der Waals surface area contributed by atoms with Crippen LogP contribution >= 0.6 is 11.6 Å². The summed E-state index contributed by atoms with van der Waals surface area (Å²) in [6, 6.07) is 0.200. The lowest BCUT2D eigenvalue weighted by atomic mass is 10.0. The summed E-state index contributed by atoms with van der Waals surface area (Å²) in [5.74, 6) is 0.711. The van der Waals surface area contributed by atoms with Crippen molar-refractivity contribution in [3.63, 3.8) is 0 Å². The van der Waals surface area contributed by atoms with Gasteiger partial charge in [0.25, 0.3) is 0 Å². The van der Waals surface area contributed by atoms with E-state index in [1.807, 2.05) is 6.92 Å². The van der Waals surface area contributed by atoms with E-state index >= 15 is 0 Å². The van der Waals surface area contributed by atoms with E-state index in [1.165, 1.54) is 0 Å². The first-order valence-corrected chi connectivity index (χ1v) is 5.49. The first-order valence-electron chi connectivity index (χ1n) is 5.05. The van der Waals surface area contributed by atoms with Crippen LogP contribution in [0.2, 0.25) is 0 Å². The second-order valence-corrected chi connectivity index (χ2v) is 5.18. The fourth-order valence-corrected chi connectivity index (χ4v) is 2.03. The van der Waals surface area contributed by atoms with Gasteiger partial charge >= 0.3 is 0 Å².